The minimum absolute atomic E-state index is 0.128. The van der Waals surface area contributed by atoms with Crippen LogP contribution in [-0.2, 0) is 73.8 Å². The molecular formula is C45H72N7O23S2-3. The topological polar surface area (TPSA) is 442 Å². The zero-order valence-corrected chi connectivity index (χ0v) is 44.6. The minimum Gasteiger partial charge on any atom is -0.854 e. The van der Waals surface area contributed by atoms with Gasteiger partial charge in [0.2, 0.25) is 32.6 Å². The highest BCUT2D eigenvalue weighted by Crippen LogP contribution is 2.40. The molecule has 30 nitrogen and oxygen atoms in total. The lowest BCUT2D eigenvalue weighted by atomic mass is 9.75. The van der Waals surface area contributed by atoms with E-state index in [-0.39, 0.29) is 43.5 Å². The number of amides is 4. The van der Waals surface area contributed by atoms with Crippen molar-refractivity contribution in [1.82, 2.24) is 35.8 Å². The second-order valence-corrected chi connectivity index (χ2v) is 22.7. The molecule has 0 bridgehead atoms. The fourth-order valence-electron chi connectivity index (χ4n) is 10.4. The molecule has 8 N–H and O–H groups in total. The lowest BCUT2D eigenvalue weighted by Crippen LogP contribution is -2.67. The SMILES string of the molecule is CCC1CC(C(=O)NCCNC(=O)c2cn(CC(C[O-])(COS(=O)(=O)[O-])COS(=O)(=O)[O-])nn2)C[C@@H](O[C@@H]2O[C@@H](CO)[C@H](O)C(O[C@@H](CC3CCCCC3)C(=O)N3CCC3)C2NC(C)=O)[C@@H]1O[C@@H]1OC(C)[C@@H](O)[C@H](O)C1O. The first-order chi connectivity index (χ1) is 36.3. The number of carbonyl (C=O) groups is 4. The first-order valence-electron chi connectivity index (χ1n) is 25.8. The zero-order valence-electron chi connectivity index (χ0n) is 42.9. The summed E-state index contributed by atoms with van der Waals surface area (Å²) in [6.45, 7) is -0.0613. The van der Waals surface area contributed by atoms with Gasteiger partial charge in [-0.1, -0.05) is 50.7 Å². The van der Waals surface area contributed by atoms with E-state index in [0.29, 0.717) is 25.9 Å². The average molecular weight is 1140 g/mol. The molecule has 0 aromatic carbocycles. The maximum atomic E-state index is 14.1. The van der Waals surface area contributed by atoms with Gasteiger partial charge in [0.15, 0.2) is 18.3 Å². The summed E-state index contributed by atoms with van der Waals surface area (Å²) in [5, 5.41) is 82.1. The van der Waals surface area contributed by atoms with Crippen LogP contribution in [0, 0.1) is 23.2 Å². The van der Waals surface area contributed by atoms with Crippen molar-refractivity contribution in [3.8, 4) is 0 Å². The fourth-order valence-corrected chi connectivity index (χ4v) is 11.2. The molecule has 0 spiro atoms. The predicted molar refractivity (Wildman–Crippen MR) is 253 cm³/mol. The van der Waals surface area contributed by atoms with Crippen molar-refractivity contribution < 1.29 is 108 Å². The molecule has 6 unspecified atom stereocenters. The maximum absolute atomic E-state index is 14.1. The predicted octanol–water partition coefficient (Wildman–Crippen LogP) is -5.00. The molecular weight excluding hydrogens is 1070 g/mol. The van der Waals surface area contributed by atoms with Crippen molar-refractivity contribution >= 4 is 44.4 Å². The van der Waals surface area contributed by atoms with Crippen LogP contribution >= 0.6 is 0 Å². The highest BCUT2D eigenvalue weighted by atomic mass is 32.3. The third kappa shape index (κ3) is 17.2. The van der Waals surface area contributed by atoms with E-state index in [1.165, 1.54) is 13.8 Å². The van der Waals surface area contributed by atoms with Crippen molar-refractivity contribution in [2.45, 2.75) is 171 Å². The molecule has 1 aromatic rings. The monoisotopic (exact) mass is 1140 g/mol. The summed E-state index contributed by atoms with van der Waals surface area (Å²) in [4.78, 5) is 55.8. The summed E-state index contributed by atoms with van der Waals surface area (Å²) < 4.78 is 108. The summed E-state index contributed by atoms with van der Waals surface area (Å²) >= 11 is 0. The second kappa shape index (κ2) is 27.7. The van der Waals surface area contributed by atoms with Crippen LogP contribution < -0.4 is 21.1 Å². The lowest BCUT2D eigenvalue weighted by molar-refractivity contribution is -0.397. The van der Waals surface area contributed by atoms with Crippen LogP contribution in [0.15, 0.2) is 6.20 Å². The van der Waals surface area contributed by atoms with Crippen LogP contribution in [0.1, 0.15) is 95.5 Å². The van der Waals surface area contributed by atoms with Crippen LogP contribution in [0.4, 0.5) is 0 Å². The third-order valence-electron chi connectivity index (χ3n) is 14.8. The van der Waals surface area contributed by atoms with E-state index in [1.54, 1.807) is 11.8 Å². The van der Waals surface area contributed by atoms with E-state index < -0.39 is 168 Å². The molecule has 15 atom stereocenters. The Kier molecular flexibility index (Phi) is 22.5. The third-order valence-corrected chi connectivity index (χ3v) is 15.6. The number of aliphatic hydroxyl groups excluding tert-OH is 5. The number of ether oxygens (including phenoxy) is 5. The van der Waals surface area contributed by atoms with E-state index in [9.17, 15) is 75.8 Å². The Morgan fingerprint density at radius 2 is 1.53 bits per heavy atom. The van der Waals surface area contributed by atoms with Crippen molar-refractivity contribution in [3.63, 3.8) is 0 Å². The molecule has 2 aliphatic carbocycles. The maximum Gasteiger partial charge on any atom is 0.273 e. The second-order valence-electron chi connectivity index (χ2n) is 20.6. The summed E-state index contributed by atoms with van der Waals surface area (Å²) in [6, 6.07) is -1.32. The van der Waals surface area contributed by atoms with Crippen LogP contribution in [0.5, 0.6) is 0 Å². The highest BCUT2D eigenvalue weighted by Gasteiger charge is 2.53. The van der Waals surface area contributed by atoms with Gasteiger partial charge in [-0.2, -0.15) is 0 Å². The van der Waals surface area contributed by atoms with E-state index >= 15 is 0 Å². The van der Waals surface area contributed by atoms with Crippen LogP contribution in [0.25, 0.3) is 0 Å². The molecule has 77 heavy (non-hydrogen) atoms. The molecule has 4 heterocycles. The molecule has 4 amide bonds. The van der Waals surface area contributed by atoms with Gasteiger partial charge in [0.25, 0.3) is 11.8 Å². The van der Waals surface area contributed by atoms with E-state index in [4.69, 9.17) is 23.7 Å². The smallest absolute Gasteiger partial charge is 0.273 e. The molecule has 32 heteroatoms. The Balaban J connectivity index is 1.19. The van der Waals surface area contributed by atoms with Crippen LogP contribution in [0.2, 0.25) is 0 Å². The zero-order chi connectivity index (χ0) is 56.4. The lowest BCUT2D eigenvalue weighted by Gasteiger charge is -2.49. The number of hydrogen-bond donors (Lipinski definition) is 8. The molecule has 3 aliphatic heterocycles. The number of nitrogens with one attached hydrogen (secondary N) is 3. The summed E-state index contributed by atoms with van der Waals surface area (Å²) in [5.41, 5.74) is -2.54. The van der Waals surface area contributed by atoms with Crippen LogP contribution in [-0.4, -0.2) is 227 Å². The molecule has 440 valence electrons. The fraction of sp³-hybridized carbons (Fsp3) is 0.867. The van der Waals surface area contributed by atoms with Gasteiger partial charge in [-0.3, -0.25) is 32.2 Å². The van der Waals surface area contributed by atoms with Crippen molar-refractivity contribution in [1.29, 1.82) is 0 Å². The number of likely N-dealkylation sites (tertiary alicyclic amines) is 1. The van der Waals surface area contributed by atoms with Gasteiger partial charge < -0.3 is 84.3 Å². The molecule has 6 rings (SSSR count). The van der Waals surface area contributed by atoms with Crippen molar-refractivity contribution in [2.24, 2.45) is 23.2 Å². The molecule has 0 radical (unpaired) electrons. The van der Waals surface area contributed by atoms with E-state index in [2.05, 4.69) is 34.6 Å². The van der Waals surface area contributed by atoms with Gasteiger partial charge >= 0.3 is 0 Å². The number of carbonyl (C=O) groups excluding carboxylic acids is 4. The minimum atomic E-state index is -5.40. The number of rotatable bonds is 26. The molecule has 3 saturated heterocycles. The molecule has 2 saturated carbocycles. The van der Waals surface area contributed by atoms with Gasteiger partial charge in [0.1, 0.15) is 48.8 Å². The Bertz CT molecular complexity index is 2310. The van der Waals surface area contributed by atoms with Gasteiger partial charge in [-0.15, -0.1) is 11.7 Å². The van der Waals surface area contributed by atoms with Gasteiger partial charge in [0.05, 0.1) is 50.9 Å². The molecule has 1 aromatic heterocycles. The quantitative estimate of drug-likeness (QED) is 0.0245. The largest absolute Gasteiger partial charge is 0.854 e. The Hall–Kier alpha value is -3.68. The number of aliphatic hydroxyl groups is 5. The molecule has 5 fully saturated rings. The Labute approximate surface area is 445 Å². The average Bonchev–Trinajstić information content (AvgIpc) is 3.85. The number of hydrogen-bond acceptors (Lipinski definition) is 25. The summed E-state index contributed by atoms with van der Waals surface area (Å²) in [6.07, 6.45) is -9.18. The van der Waals surface area contributed by atoms with E-state index in [0.717, 1.165) is 49.4 Å². The van der Waals surface area contributed by atoms with Crippen molar-refractivity contribution in [2.75, 3.05) is 52.6 Å². The number of aromatic nitrogens is 3. The number of nitrogens with zero attached hydrogens (tertiary/aromatic N) is 4. The Morgan fingerprint density at radius 3 is 2.12 bits per heavy atom. The summed E-state index contributed by atoms with van der Waals surface area (Å²) in [5.74, 6) is -3.48. The van der Waals surface area contributed by atoms with Crippen LogP contribution in [0.3, 0.4) is 0 Å². The first-order valence-corrected chi connectivity index (χ1v) is 28.4. The summed E-state index contributed by atoms with van der Waals surface area (Å²) in [7, 11) is -10.8. The van der Waals surface area contributed by atoms with Gasteiger partial charge in [-0.05, 0) is 44.4 Å². The normalized spacial score (nSPS) is 32.0. The molecule has 5 aliphatic rings. The Morgan fingerprint density at radius 1 is 0.870 bits per heavy atom. The van der Waals surface area contributed by atoms with Gasteiger partial charge in [0, 0.05) is 44.4 Å². The van der Waals surface area contributed by atoms with Gasteiger partial charge in [-0.25, -0.2) is 16.8 Å². The van der Waals surface area contributed by atoms with E-state index in [1.807, 2.05) is 0 Å². The van der Waals surface area contributed by atoms with Crippen molar-refractivity contribution in [3.05, 3.63) is 11.9 Å². The first kappa shape index (κ1) is 62.5. The highest BCUT2D eigenvalue weighted by molar-refractivity contribution is 7.81. The standard InChI is InChI=1S/C45H74N7O23S2/c1-4-27-16-28(40(60)46-11-12-47-41(61)29-18-52(50-49-29)20-45(21-54,22-69-76(63,64)65)23-70-77(66,67)68)17-30(38(27)75-44-37(59)36(58)34(56)24(2)71-44)73-43-33(48-25(3)55)39(35(57)32(19-53)74-43)72-31(42(62)51-13-8-14-51)15-26-9-6-5-7-10-26/h18,24,26-28,30-39,43-44,53,56-59H,4-17,19-23H2,1-3H3,(H,46,60)(H,47,61)(H,48,55)(H,63,64,65)(H,66,67,68)/q-1/p-2/t24?,27?,28?,30-,31+,32+,33?,34-,35+,36+,37?,38-,39?,43-,44+/m1/s1.